The highest BCUT2D eigenvalue weighted by atomic mass is 32.2. The Labute approximate surface area is 173 Å². The highest BCUT2D eigenvalue weighted by molar-refractivity contribution is 7.89. The summed E-state index contributed by atoms with van der Waals surface area (Å²) in [4.78, 5) is 0.117. The second-order valence-corrected chi connectivity index (χ2v) is 9.73. The minimum atomic E-state index is -3.61. The first-order chi connectivity index (χ1) is 14.0. The van der Waals surface area contributed by atoms with Crippen LogP contribution >= 0.6 is 11.3 Å². The fourth-order valence-electron chi connectivity index (χ4n) is 3.43. The summed E-state index contributed by atoms with van der Waals surface area (Å²) in [5.74, 6) is 0.454. The summed E-state index contributed by atoms with van der Waals surface area (Å²) in [6.45, 7) is 0.794. The third-order valence-corrected chi connectivity index (χ3v) is 8.06. The molecule has 29 heavy (non-hydrogen) atoms. The molecule has 0 bridgehead atoms. The van der Waals surface area contributed by atoms with E-state index in [9.17, 15) is 12.8 Å². The summed E-state index contributed by atoms with van der Waals surface area (Å²) in [6.07, 6.45) is 1.34. The molecule has 4 rings (SSSR count). The average molecular weight is 434 g/mol. The number of sulfonamides is 1. The van der Waals surface area contributed by atoms with Gasteiger partial charge in [0, 0.05) is 19.0 Å². The fraction of sp³-hybridized carbons (Fsp3) is 0.300. The molecule has 0 saturated carbocycles. The van der Waals surface area contributed by atoms with Crippen molar-refractivity contribution in [3.8, 4) is 16.3 Å². The van der Waals surface area contributed by atoms with Crippen LogP contribution in [0.2, 0.25) is 0 Å². The topological polar surface area (TPSA) is 72.4 Å². The average Bonchev–Trinajstić information content (AvgIpc) is 3.24. The van der Waals surface area contributed by atoms with E-state index in [0.29, 0.717) is 25.9 Å². The number of methoxy groups -OCH3 is 1. The van der Waals surface area contributed by atoms with E-state index in [2.05, 4.69) is 10.2 Å². The molecule has 1 aromatic heterocycles. The van der Waals surface area contributed by atoms with E-state index in [4.69, 9.17) is 4.74 Å². The van der Waals surface area contributed by atoms with Gasteiger partial charge in [0.25, 0.3) is 0 Å². The van der Waals surface area contributed by atoms with E-state index in [-0.39, 0.29) is 10.8 Å². The number of hydrogen-bond donors (Lipinski definition) is 0. The largest absolute Gasteiger partial charge is 0.496 e. The number of hydrogen-bond acceptors (Lipinski definition) is 6. The maximum Gasteiger partial charge on any atom is 0.243 e. The second kappa shape index (κ2) is 8.17. The van der Waals surface area contributed by atoms with Gasteiger partial charge in [0.05, 0.1) is 17.6 Å². The van der Waals surface area contributed by atoms with Gasteiger partial charge in [-0.15, -0.1) is 10.2 Å². The van der Waals surface area contributed by atoms with E-state index >= 15 is 0 Å². The highest BCUT2D eigenvalue weighted by Crippen LogP contribution is 2.37. The zero-order valence-electron chi connectivity index (χ0n) is 15.8. The Bertz CT molecular complexity index is 1090. The summed E-state index contributed by atoms with van der Waals surface area (Å²) < 4.78 is 45.5. The summed E-state index contributed by atoms with van der Waals surface area (Å²) in [6, 6.07) is 12.6. The molecule has 1 aliphatic heterocycles. The van der Waals surface area contributed by atoms with E-state index in [1.165, 1.54) is 39.9 Å². The lowest BCUT2D eigenvalue weighted by molar-refractivity contribution is 0.318. The van der Waals surface area contributed by atoms with Gasteiger partial charge in [-0.25, -0.2) is 12.8 Å². The lowest BCUT2D eigenvalue weighted by Crippen LogP contribution is -2.37. The number of ether oxygens (including phenoxy) is 1. The van der Waals surface area contributed by atoms with Crippen LogP contribution in [0.3, 0.4) is 0 Å². The van der Waals surface area contributed by atoms with Crippen LogP contribution in [0.1, 0.15) is 23.8 Å². The molecule has 0 unspecified atom stereocenters. The number of rotatable bonds is 5. The van der Waals surface area contributed by atoms with Gasteiger partial charge in [-0.2, -0.15) is 4.31 Å². The Kier molecular flexibility index (Phi) is 5.62. The van der Waals surface area contributed by atoms with Crippen molar-refractivity contribution in [2.24, 2.45) is 0 Å². The van der Waals surface area contributed by atoms with Crippen LogP contribution in [0.5, 0.6) is 5.75 Å². The Morgan fingerprint density at radius 2 is 1.76 bits per heavy atom. The first-order valence-electron chi connectivity index (χ1n) is 9.21. The van der Waals surface area contributed by atoms with Gasteiger partial charge in [-0.1, -0.05) is 23.5 Å². The van der Waals surface area contributed by atoms with Crippen LogP contribution in [-0.4, -0.2) is 43.1 Å². The van der Waals surface area contributed by atoms with Crippen LogP contribution < -0.4 is 4.74 Å². The molecular formula is C20H20FN3O3S2. The number of benzene rings is 2. The molecule has 2 aromatic carbocycles. The lowest BCUT2D eigenvalue weighted by atomic mass is 9.99. The molecule has 0 N–H and O–H groups in total. The zero-order chi connectivity index (χ0) is 20.4. The SMILES string of the molecule is COc1ccccc1-c1nnc(C2CCN(S(=O)(=O)c3ccc(F)cc3)CC2)s1. The Hall–Kier alpha value is -2.36. The number of para-hydroxylation sites is 1. The smallest absolute Gasteiger partial charge is 0.243 e. The molecular weight excluding hydrogens is 413 g/mol. The van der Waals surface area contributed by atoms with Crippen molar-refractivity contribution >= 4 is 21.4 Å². The van der Waals surface area contributed by atoms with Gasteiger partial charge in [0.15, 0.2) is 5.01 Å². The van der Waals surface area contributed by atoms with Crippen molar-refractivity contribution in [1.82, 2.24) is 14.5 Å². The molecule has 1 fully saturated rings. The number of nitrogens with zero attached hydrogens (tertiary/aromatic N) is 3. The standard InChI is InChI=1S/C20H20FN3O3S2/c1-27-18-5-3-2-4-17(18)20-23-22-19(28-20)14-10-12-24(13-11-14)29(25,26)16-8-6-15(21)7-9-16/h2-9,14H,10-13H2,1H3. The van der Waals surface area contributed by atoms with Gasteiger partial charge in [0.2, 0.25) is 10.0 Å². The van der Waals surface area contributed by atoms with Crippen molar-refractivity contribution in [2.75, 3.05) is 20.2 Å². The van der Waals surface area contributed by atoms with Gasteiger partial charge < -0.3 is 4.74 Å². The van der Waals surface area contributed by atoms with Gasteiger partial charge in [0.1, 0.15) is 16.6 Å². The van der Waals surface area contributed by atoms with Crippen molar-refractivity contribution in [2.45, 2.75) is 23.7 Å². The first kappa shape index (κ1) is 19.9. The summed E-state index contributed by atoms with van der Waals surface area (Å²) in [5, 5.41) is 10.4. The monoisotopic (exact) mass is 433 g/mol. The van der Waals surface area contributed by atoms with Crippen molar-refractivity contribution < 1.29 is 17.5 Å². The molecule has 1 saturated heterocycles. The van der Waals surface area contributed by atoms with Crippen LogP contribution in [-0.2, 0) is 10.0 Å². The van der Waals surface area contributed by atoms with Gasteiger partial charge in [-0.05, 0) is 49.2 Å². The Morgan fingerprint density at radius 1 is 1.07 bits per heavy atom. The van der Waals surface area contributed by atoms with Crippen molar-refractivity contribution in [3.63, 3.8) is 0 Å². The molecule has 0 radical (unpaired) electrons. The quantitative estimate of drug-likeness (QED) is 0.610. The summed E-state index contributed by atoms with van der Waals surface area (Å²) >= 11 is 1.52. The van der Waals surface area contributed by atoms with E-state index in [0.717, 1.165) is 21.3 Å². The van der Waals surface area contributed by atoms with Gasteiger partial charge in [-0.3, -0.25) is 0 Å². The second-order valence-electron chi connectivity index (χ2n) is 6.78. The van der Waals surface area contributed by atoms with Crippen molar-refractivity contribution in [1.29, 1.82) is 0 Å². The molecule has 3 aromatic rings. The predicted molar refractivity (Wildman–Crippen MR) is 109 cm³/mol. The molecule has 0 atom stereocenters. The maximum atomic E-state index is 13.1. The third kappa shape index (κ3) is 4.03. The third-order valence-electron chi connectivity index (χ3n) is 5.03. The molecule has 0 aliphatic carbocycles. The minimum absolute atomic E-state index is 0.117. The molecule has 6 nitrogen and oxygen atoms in total. The van der Waals surface area contributed by atoms with Crippen molar-refractivity contribution in [3.05, 3.63) is 59.4 Å². The number of halogens is 1. The number of piperidine rings is 1. The molecule has 152 valence electrons. The maximum absolute atomic E-state index is 13.1. The summed E-state index contributed by atoms with van der Waals surface area (Å²) in [7, 11) is -1.99. The Morgan fingerprint density at radius 3 is 2.45 bits per heavy atom. The summed E-state index contributed by atoms with van der Waals surface area (Å²) in [5.41, 5.74) is 0.898. The van der Waals surface area contributed by atoms with E-state index in [1.807, 2.05) is 24.3 Å². The Balaban J connectivity index is 1.46. The highest BCUT2D eigenvalue weighted by Gasteiger charge is 2.31. The lowest BCUT2D eigenvalue weighted by Gasteiger charge is -2.30. The van der Waals surface area contributed by atoms with Gasteiger partial charge >= 0.3 is 0 Å². The first-order valence-corrected chi connectivity index (χ1v) is 11.5. The van der Waals surface area contributed by atoms with E-state index < -0.39 is 15.8 Å². The normalized spacial score (nSPS) is 16.1. The predicted octanol–water partition coefficient (Wildman–Crippen LogP) is 3.92. The van der Waals surface area contributed by atoms with Crippen LogP contribution in [0.25, 0.3) is 10.6 Å². The molecule has 1 aliphatic rings. The molecule has 0 amide bonds. The van der Waals surface area contributed by atoms with Crippen LogP contribution in [0.4, 0.5) is 4.39 Å². The molecule has 2 heterocycles. The fourth-order valence-corrected chi connectivity index (χ4v) is 5.94. The van der Waals surface area contributed by atoms with Crippen LogP contribution in [0, 0.1) is 5.82 Å². The molecule has 9 heteroatoms. The van der Waals surface area contributed by atoms with E-state index in [1.54, 1.807) is 7.11 Å². The zero-order valence-corrected chi connectivity index (χ0v) is 17.4. The van der Waals surface area contributed by atoms with Crippen LogP contribution in [0.15, 0.2) is 53.4 Å². The molecule has 0 spiro atoms. The minimum Gasteiger partial charge on any atom is -0.496 e. The number of aromatic nitrogens is 2.